The third-order valence-electron chi connectivity index (χ3n) is 4.81. The molecule has 0 radical (unpaired) electrons. The van der Waals surface area contributed by atoms with Gasteiger partial charge >= 0.3 is 0 Å². The highest BCUT2D eigenvalue weighted by atomic mass is 35.5. The van der Waals surface area contributed by atoms with Crippen molar-refractivity contribution < 1.29 is 19.0 Å². The highest BCUT2D eigenvalue weighted by Crippen LogP contribution is 2.40. The van der Waals surface area contributed by atoms with Crippen LogP contribution in [0.25, 0.3) is 0 Å². The number of amides is 1. The van der Waals surface area contributed by atoms with Gasteiger partial charge in [-0.05, 0) is 18.2 Å². The number of aromatic nitrogens is 1. The van der Waals surface area contributed by atoms with Crippen LogP contribution < -0.4 is 14.2 Å². The van der Waals surface area contributed by atoms with Gasteiger partial charge in [0.1, 0.15) is 5.15 Å². The Morgan fingerprint density at radius 1 is 1.04 bits per heavy atom. The van der Waals surface area contributed by atoms with E-state index in [9.17, 15) is 4.79 Å². The second kappa shape index (κ2) is 9.12. The van der Waals surface area contributed by atoms with Crippen molar-refractivity contribution in [2.24, 2.45) is 0 Å². The molecule has 150 valence electrons. The summed E-state index contributed by atoms with van der Waals surface area (Å²) in [6.45, 7) is 3.53. The van der Waals surface area contributed by atoms with Crippen LogP contribution in [0.3, 0.4) is 0 Å². The van der Waals surface area contributed by atoms with Crippen LogP contribution in [-0.2, 0) is 6.54 Å². The first kappa shape index (κ1) is 20.2. The predicted molar refractivity (Wildman–Crippen MR) is 107 cm³/mol. The lowest BCUT2D eigenvalue weighted by atomic mass is 10.1. The number of piperazine rings is 1. The van der Waals surface area contributed by atoms with Crippen molar-refractivity contribution in [1.29, 1.82) is 0 Å². The summed E-state index contributed by atoms with van der Waals surface area (Å²) in [6.07, 6.45) is 1.55. The predicted octanol–water partition coefficient (Wildman–Crippen LogP) is 2.72. The summed E-state index contributed by atoms with van der Waals surface area (Å²) in [5.41, 5.74) is 1.58. The Balaban J connectivity index is 1.65. The first-order chi connectivity index (χ1) is 13.6. The minimum absolute atomic E-state index is 0.0207. The molecule has 0 saturated carbocycles. The molecule has 1 fully saturated rings. The van der Waals surface area contributed by atoms with Gasteiger partial charge in [0, 0.05) is 50.0 Å². The summed E-state index contributed by atoms with van der Waals surface area (Å²) >= 11 is 5.90. The minimum Gasteiger partial charge on any atom is -0.493 e. The topological polar surface area (TPSA) is 64.1 Å². The Hall–Kier alpha value is -2.51. The number of carbonyl (C=O) groups excluding carboxylic acids is 1. The van der Waals surface area contributed by atoms with Crippen LogP contribution in [0.2, 0.25) is 5.15 Å². The van der Waals surface area contributed by atoms with Gasteiger partial charge < -0.3 is 19.1 Å². The number of hydrogen-bond acceptors (Lipinski definition) is 6. The van der Waals surface area contributed by atoms with Crippen molar-refractivity contribution >= 4 is 17.5 Å². The third-order valence-corrected chi connectivity index (χ3v) is 5.02. The molecular formula is C20H24ClN3O4. The number of nitrogens with zero attached hydrogens (tertiary/aromatic N) is 3. The second-order valence-electron chi connectivity index (χ2n) is 6.43. The molecule has 0 atom stereocenters. The van der Waals surface area contributed by atoms with Crippen LogP contribution in [0.15, 0.2) is 30.5 Å². The monoisotopic (exact) mass is 405 g/mol. The van der Waals surface area contributed by atoms with Crippen LogP contribution in [0.4, 0.5) is 0 Å². The van der Waals surface area contributed by atoms with E-state index in [4.69, 9.17) is 25.8 Å². The van der Waals surface area contributed by atoms with Crippen LogP contribution in [0.1, 0.15) is 15.9 Å². The van der Waals surface area contributed by atoms with Crippen molar-refractivity contribution in [3.05, 3.63) is 46.7 Å². The number of rotatable bonds is 6. The minimum atomic E-state index is -0.0207. The fourth-order valence-electron chi connectivity index (χ4n) is 3.36. The lowest BCUT2D eigenvalue weighted by Gasteiger charge is -2.35. The lowest BCUT2D eigenvalue weighted by Crippen LogP contribution is -2.48. The summed E-state index contributed by atoms with van der Waals surface area (Å²) in [6, 6.07) is 7.15. The van der Waals surface area contributed by atoms with Crippen LogP contribution in [0.5, 0.6) is 17.2 Å². The summed E-state index contributed by atoms with van der Waals surface area (Å²) in [5.74, 6) is 1.87. The zero-order valence-corrected chi connectivity index (χ0v) is 17.0. The largest absolute Gasteiger partial charge is 0.493 e. The SMILES string of the molecule is COc1ccc(CN2CCN(C(=O)c3ccnc(Cl)c3)CC2)c(OC)c1OC. The average Bonchev–Trinajstić information content (AvgIpc) is 2.73. The van der Waals surface area contributed by atoms with Crippen molar-refractivity contribution in [2.75, 3.05) is 47.5 Å². The standard InChI is InChI=1S/C20H24ClN3O4/c1-26-16-5-4-15(18(27-2)19(16)28-3)13-23-8-10-24(11-9-23)20(25)14-6-7-22-17(21)12-14/h4-7,12H,8-11,13H2,1-3H3. The maximum atomic E-state index is 12.6. The molecule has 7 nitrogen and oxygen atoms in total. The summed E-state index contributed by atoms with van der Waals surface area (Å²) in [4.78, 5) is 20.7. The van der Waals surface area contributed by atoms with Crippen LogP contribution >= 0.6 is 11.6 Å². The molecule has 28 heavy (non-hydrogen) atoms. The fourth-order valence-corrected chi connectivity index (χ4v) is 3.53. The van der Waals surface area contributed by atoms with Crippen molar-refractivity contribution in [3.8, 4) is 17.2 Å². The van der Waals surface area contributed by atoms with Gasteiger partial charge in [-0.2, -0.15) is 0 Å². The van der Waals surface area contributed by atoms with Crippen LogP contribution in [0, 0.1) is 0 Å². The van der Waals surface area contributed by atoms with Crippen molar-refractivity contribution in [2.45, 2.75) is 6.54 Å². The van der Waals surface area contributed by atoms with Gasteiger partial charge in [-0.1, -0.05) is 17.7 Å². The van der Waals surface area contributed by atoms with Crippen LogP contribution in [-0.4, -0.2) is 68.2 Å². The molecule has 2 aromatic rings. The molecule has 1 aromatic heterocycles. The van der Waals surface area contributed by atoms with Gasteiger partial charge in [0.15, 0.2) is 11.5 Å². The number of hydrogen-bond donors (Lipinski definition) is 0. The number of benzene rings is 1. The quantitative estimate of drug-likeness (QED) is 0.688. The maximum Gasteiger partial charge on any atom is 0.254 e. The van der Waals surface area contributed by atoms with E-state index < -0.39 is 0 Å². The zero-order chi connectivity index (χ0) is 20.1. The molecule has 1 aliphatic rings. The van der Waals surface area contributed by atoms with Gasteiger partial charge in [-0.3, -0.25) is 9.69 Å². The lowest BCUT2D eigenvalue weighted by molar-refractivity contribution is 0.0627. The number of ether oxygens (including phenoxy) is 3. The van der Waals surface area contributed by atoms with Crippen molar-refractivity contribution in [1.82, 2.24) is 14.8 Å². The first-order valence-corrected chi connectivity index (χ1v) is 9.36. The molecular weight excluding hydrogens is 382 g/mol. The van der Waals surface area contributed by atoms with E-state index in [1.54, 1.807) is 39.7 Å². The van der Waals surface area contributed by atoms with E-state index in [0.29, 0.717) is 47.6 Å². The molecule has 8 heteroatoms. The molecule has 0 spiro atoms. The van der Waals surface area contributed by atoms with Gasteiger partial charge in [0.2, 0.25) is 5.75 Å². The Kier molecular flexibility index (Phi) is 6.59. The van der Waals surface area contributed by atoms with E-state index in [1.165, 1.54) is 0 Å². The Morgan fingerprint density at radius 2 is 1.75 bits per heavy atom. The molecule has 1 amide bonds. The van der Waals surface area contributed by atoms with E-state index in [1.807, 2.05) is 17.0 Å². The van der Waals surface area contributed by atoms with E-state index >= 15 is 0 Å². The first-order valence-electron chi connectivity index (χ1n) is 8.98. The fraction of sp³-hybridized carbons (Fsp3) is 0.400. The highest BCUT2D eigenvalue weighted by Gasteiger charge is 2.24. The zero-order valence-electron chi connectivity index (χ0n) is 16.3. The molecule has 0 unspecified atom stereocenters. The van der Waals surface area contributed by atoms with Gasteiger partial charge in [0.25, 0.3) is 5.91 Å². The number of pyridine rings is 1. The van der Waals surface area contributed by atoms with E-state index in [-0.39, 0.29) is 5.91 Å². The third kappa shape index (κ3) is 4.31. The van der Waals surface area contributed by atoms with Crippen molar-refractivity contribution in [3.63, 3.8) is 0 Å². The summed E-state index contributed by atoms with van der Waals surface area (Å²) < 4.78 is 16.4. The van der Waals surface area contributed by atoms with E-state index in [0.717, 1.165) is 18.7 Å². The Bertz CT molecular complexity index is 838. The maximum absolute atomic E-state index is 12.6. The summed E-state index contributed by atoms with van der Waals surface area (Å²) in [5, 5.41) is 0.324. The highest BCUT2D eigenvalue weighted by molar-refractivity contribution is 6.29. The van der Waals surface area contributed by atoms with Gasteiger partial charge in [-0.15, -0.1) is 0 Å². The van der Waals surface area contributed by atoms with E-state index in [2.05, 4.69) is 9.88 Å². The Morgan fingerprint density at radius 3 is 2.36 bits per heavy atom. The number of methoxy groups -OCH3 is 3. The second-order valence-corrected chi connectivity index (χ2v) is 6.82. The molecule has 3 rings (SSSR count). The number of halogens is 1. The average molecular weight is 406 g/mol. The summed E-state index contributed by atoms with van der Waals surface area (Å²) in [7, 11) is 4.82. The normalized spacial score (nSPS) is 14.6. The smallest absolute Gasteiger partial charge is 0.254 e. The molecule has 0 N–H and O–H groups in total. The molecule has 1 aliphatic heterocycles. The molecule has 1 saturated heterocycles. The van der Waals surface area contributed by atoms with Gasteiger partial charge in [0.05, 0.1) is 21.3 Å². The Labute approximate surface area is 169 Å². The molecule has 0 bridgehead atoms. The molecule has 0 aliphatic carbocycles. The molecule has 1 aromatic carbocycles. The number of carbonyl (C=O) groups is 1. The van der Waals surface area contributed by atoms with Gasteiger partial charge in [-0.25, -0.2) is 4.98 Å². The molecule has 2 heterocycles.